The molecule has 5 atom stereocenters. The van der Waals surface area contributed by atoms with Crippen molar-refractivity contribution >= 4 is 17.9 Å². The summed E-state index contributed by atoms with van der Waals surface area (Å²) >= 11 is 0. The van der Waals surface area contributed by atoms with Gasteiger partial charge in [-0.25, -0.2) is 4.39 Å². The summed E-state index contributed by atoms with van der Waals surface area (Å²) in [7, 11) is 1.20. The summed E-state index contributed by atoms with van der Waals surface area (Å²) in [4.78, 5) is 33.4. The molecule has 0 aromatic heterocycles. The van der Waals surface area contributed by atoms with E-state index in [1.807, 2.05) is 0 Å². The van der Waals surface area contributed by atoms with E-state index in [4.69, 9.17) is 23.7 Å². The molecule has 0 amide bonds. The number of alkyl halides is 1. The van der Waals surface area contributed by atoms with Gasteiger partial charge in [0.2, 0.25) is 12.6 Å². The second-order valence-corrected chi connectivity index (χ2v) is 4.31. The fraction of sp³-hybridized carbons (Fsp3) is 0.750. The highest BCUT2D eigenvalue weighted by Gasteiger charge is 2.52. The topological polar surface area (TPSA) is 97.4 Å². The number of esters is 3. The van der Waals surface area contributed by atoms with E-state index in [0.29, 0.717) is 0 Å². The second-order valence-electron chi connectivity index (χ2n) is 4.31. The van der Waals surface area contributed by atoms with Crippen LogP contribution in [0.2, 0.25) is 0 Å². The highest BCUT2D eigenvalue weighted by molar-refractivity contribution is 5.68. The molecular weight excluding hydrogens is 291 g/mol. The minimum absolute atomic E-state index is 0.721. The standard InChI is InChI=1S/C12H17FO8/c1-5(14)18-8-9(19-6(2)15)11(13)21-12(17-4)10(8)20-7(3)16/h8-12H,1-4H3/t8-,9-,10+,11?,12-/m0/s1. The maximum atomic E-state index is 13.9. The van der Waals surface area contributed by atoms with Crippen LogP contribution in [0.25, 0.3) is 0 Å². The van der Waals surface area contributed by atoms with Gasteiger partial charge in [0, 0.05) is 27.9 Å². The third-order valence-corrected chi connectivity index (χ3v) is 2.58. The first-order chi connectivity index (χ1) is 9.76. The van der Waals surface area contributed by atoms with Crippen LogP contribution < -0.4 is 0 Å². The Hall–Kier alpha value is -1.74. The molecule has 21 heavy (non-hydrogen) atoms. The normalized spacial score (nSPS) is 32.1. The fourth-order valence-electron chi connectivity index (χ4n) is 1.92. The molecule has 0 N–H and O–H groups in total. The lowest BCUT2D eigenvalue weighted by Crippen LogP contribution is -2.60. The predicted molar refractivity (Wildman–Crippen MR) is 63.4 cm³/mol. The molecule has 0 aliphatic carbocycles. The highest BCUT2D eigenvalue weighted by Crippen LogP contribution is 2.29. The fourth-order valence-corrected chi connectivity index (χ4v) is 1.92. The molecule has 0 spiro atoms. The SMILES string of the molecule is CO[C@H]1OC(F)[C@@H](OC(C)=O)[C@H](OC(C)=O)[C@H]1OC(C)=O. The number of halogens is 1. The van der Waals surface area contributed by atoms with Crippen molar-refractivity contribution in [3.8, 4) is 0 Å². The average Bonchev–Trinajstić information content (AvgIpc) is 2.35. The van der Waals surface area contributed by atoms with E-state index in [-0.39, 0.29) is 0 Å². The van der Waals surface area contributed by atoms with E-state index < -0.39 is 48.9 Å². The van der Waals surface area contributed by atoms with Gasteiger partial charge in [0.25, 0.3) is 0 Å². The van der Waals surface area contributed by atoms with Crippen LogP contribution in [0.4, 0.5) is 4.39 Å². The van der Waals surface area contributed by atoms with Gasteiger partial charge < -0.3 is 23.7 Å². The Kier molecular flexibility index (Phi) is 6.03. The Morgan fingerprint density at radius 1 is 0.857 bits per heavy atom. The number of hydrogen-bond acceptors (Lipinski definition) is 8. The zero-order valence-electron chi connectivity index (χ0n) is 12.0. The van der Waals surface area contributed by atoms with Crippen molar-refractivity contribution in [2.24, 2.45) is 0 Å². The lowest BCUT2D eigenvalue weighted by molar-refractivity contribution is -0.321. The molecule has 1 saturated heterocycles. The van der Waals surface area contributed by atoms with Crippen molar-refractivity contribution in [2.75, 3.05) is 7.11 Å². The smallest absolute Gasteiger partial charge is 0.303 e. The van der Waals surface area contributed by atoms with Gasteiger partial charge in [0.05, 0.1) is 0 Å². The lowest BCUT2D eigenvalue weighted by atomic mass is 10.0. The quantitative estimate of drug-likeness (QED) is 0.532. The van der Waals surface area contributed by atoms with Gasteiger partial charge >= 0.3 is 17.9 Å². The van der Waals surface area contributed by atoms with Gasteiger partial charge in [0.1, 0.15) is 0 Å². The van der Waals surface area contributed by atoms with Crippen molar-refractivity contribution < 1.29 is 42.5 Å². The Bertz CT molecular complexity index is 412. The molecule has 8 nitrogen and oxygen atoms in total. The monoisotopic (exact) mass is 308 g/mol. The Balaban J connectivity index is 3.08. The summed E-state index contributed by atoms with van der Waals surface area (Å²) in [6, 6.07) is 0. The zero-order chi connectivity index (χ0) is 16.2. The molecular formula is C12H17FO8. The van der Waals surface area contributed by atoms with Crippen LogP contribution in [-0.2, 0) is 38.1 Å². The van der Waals surface area contributed by atoms with E-state index >= 15 is 0 Å². The van der Waals surface area contributed by atoms with Crippen LogP contribution >= 0.6 is 0 Å². The lowest BCUT2D eigenvalue weighted by Gasteiger charge is -2.41. The largest absolute Gasteiger partial charge is 0.454 e. The first kappa shape index (κ1) is 17.3. The molecule has 0 bridgehead atoms. The van der Waals surface area contributed by atoms with Crippen LogP contribution in [0.1, 0.15) is 20.8 Å². The van der Waals surface area contributed by atoms with Gasteiger partial charge in [-0.2, -0.15) is 0 Å². The van der Waals surface area contributed by atoms with E-state index in [0.717, 1.165) is 20.8 Å². The second kappa shape index (κ2) is 7.32. The van der Waals surface area contributed by atoms with Gasteiger partial charge in [-0.15, -0.1) is 0 Å². The van der Waals surface area contributed by atoms with E-state index in [1.54, 1.807) is 0 Å². The summed E-state index contributed by atoms with van der Waals surface area (Å²) in [6.45, 7) is 3.25. The van der Waals surface area contributed by atoms with Crippen molar-refractivity contribution in [3.05, 3.63) is 0 Å². The number of ether oxygens (including phenoxy) is 5. The van der Waals surface area contributed by atoms with Crippen LogP contribution in [-0.4, -0.2) is 56.0 Å². The number of rotatable bonds is 4. The molecule has 0 aromatic rings. The number of hydrogen-bond donors (Lipinski definition) is 0. The predicted octanol–water partition coefficient (Wildman–Crippen LogP) is 0.0798. The molecule has 1 rings (SSSR count). The Morgan fingerprint density at radius 3 is 1.71 bits per heavy atom. The molecule has 0 radical (unpaired) electrons. The van der Waals surface area contributed by atoms with E-state index in [1.165, 1.54) is 7.11 Å². The van der Waals surface area contributed by atoms with Crippen molar-refractivity contribution in [1.82, 2.24) is 0 Å². The number of carbonyl (C=O) groups excluding carboxylic acids is 3. The minimum Gasteiger partial charge on any atom is -0.454 e. The van der Waals surface area contributed by atoms with Crippen molar-refractivity contribution in [1.29, 1.82) is 0 Å². The van der Waals surface area contributed by atoms with Gasteiger partial charge in [-0.05, 0) is 0 Å². The van der Waals surface area contributed by atoms with Crippen molar-refractivity contribution in [2.45, 2.75) is 51.7 Å². The van der Waals surface area contributed by atoms with Crippen molar-refractivity contribution in [3.63, 3.8) is 0 Å². The molecule has 0 saturated carbocycles. The maximum absolute atomic E-state index is 13.9. The van der Waals surface area contributed by atoms with Gasteiger partial charge in [0.15, 0.2) is 18.3 Å². The summed E-state index contributed by atoms with van der Waals surface area (Å²) in [5, 5.41) is 0. The third-order valence-electron chi connectivity index (χ3n) is 2.58. The third kappa shape index (κ3) is 4.64. The van der Waals surface area contributed by atoms with Gasteiger partial charge in [-0.3, -0.25) is 14.4 Å². The molecule has 0 aromatic carbocycles. The van der Waals surface area contributed by atoms with Crippen LogP contribution in [0.3, 0.4) is 0 Å². The zero-order valence-corrected chi connectivity index (χ0v) is 12.0. The molecule has 1 heterocycles. The summed E-state index contributed by atoms with van der Waals surface area (Å²) in [5.74, 6) is -2.29. The average molecular weight is 308 g/mol. The maximum Gasteiger partial charge on any atom is 0.303 e. The van der Waals surface area contributed by atoms with Crippen LogP contribution in [0.15, 0.2) is 0 Å². The Labute approximate surface area is 120 Å². The number of carbonyl (C=O) groups is 3. The molecule has 120 valence electrons. The molecule has 1 unspecified atom stereocenters. The highest BCUT2D eigenvalue weighted by atomic mass is 19.1. The first-order valence-corrected chi connectivity index (χ1v) is 6.10. The molecule has 1 aliphatic heterocycles. The number of methoxy groups -OCH3 is 1. The molecule has 1 fully saturated rings. The van der Waals surface area contributed by atoms with E-state index in [9.17, 15) is 18.8 Å². The minimum atomic E-state index is -2.10. The summed E-state index contributed by atoms with van der Waals surface area (Å²) in [6.07, 6.45) is -7.63. The molecule has 9 heteroatoms. The van der Waals surface area contributed by atoms with Crippen LogP contribution in [0, 0.1) is 0 Å². The Morgan fingerprint density at radius 2 is 1.29 bits per heavy atom. The van der Waals surface area contributed by atoms with E-state index in [2.05, 4.69) is 0 Å². The van der Waals surface area contributed by atoms with Gasteiger partial charge in [-0.1, -0.05) is 0 Å². The first-order valence-electron chi connectivity index (χ1n) is 6.10. The van der Waals surface area contributed by atoms with Crippen LogP contribution in [0.5, 0.6) is 0 Å². The summed E-state index contributed by atoms with van der Waals surface area (Å²) < 4.78 is 38.3. The molecule has 1 aliphatic rings. The summed E-state index contributed by atoms with van der Waals surface area (Å²) in [5.41, 5.74) is 0.